The molecule has 0 radical (unpaired) electrons. The van der Waals surface area contributed by atoms with Crippen molar-refractivity contribution in [3.63, 3.8) is 0 Å². The minimum absolute atomic E-state index is 0.0170. The van der Waals surface area contributed by atoms with Crippen molar-refractivity contribution < 1.29 is 8.78 Å². The van der Waals surface area contributed by atoms with E-state index in [2.05, 4.69) is 4.98 Å². The Balaban J connectivity index is 2.60. The molecule has 84 valence electrons. The summed E-state index contributed by atoms with van der Waals surface area (Å²) in [7, 11) is 0. The highest BCUT2D eigenvalue weighted by Gasteiger charge is 2.10. The highest BCUT2D eigenvalue weighted by molar-refractivity contribution is 5.67. The predicted octanol–water partition coefficient (Wildman–Crippen LogP) is 3.09. The molecule has 0 aliphatic heterocycles. The van der Waals surface area contributed by atoms with Crippen LogP contribution in [0.2, 0.25) is 0 Å². The van der Waals surface area contributed by atoms with Crippen LogP contribution in [0.3, 0.4) is 0 Å². The Morgan fingerprint density at radius 2 is 1.94 bits per heavy atom. The molecule has 1 heterocycles. The minimum Gasteiger partial charge on any atom is -0.228 e. The van der Waals surface area contributed by atoms with Gasteiger partial charge in [-0.15, -0.1) is 0 Å². The van der Waals surface area contributed by atoms with Gasteiger partial charge in [-0.25, -0.2) is 9.37 Å². The Bertz CT molecular complexity index is 588. The molecule has 2 nitrogen and oxygen atoms in total. The summed E-state index contributed by atoms with van der Waals surface area (Å²) in [6.45, 7) is 0. The Morgan fingerprint density at radius 1 is 1.18 bits per heavy atom. The maximum Gasteiger partial charge on any atom is 0.213 e. The van der Waals surface area contributed by atoms with Gasteiger partial charge in [0.1, 0.15) is 5.82 Å². The Labute approximate surface area is 97.2 Å². The van der Waals surface area contributed by atoms with Crippen LogP contribution in [-0.2, 0) is 6.42 Å². The lowest BCUT2D eigenvalue weighted by Gasteiger charge is -2.07. The van der Waals surface area contributed by atoms with Crippen molar-refractivity contribution >= 4 is 0 Å². The van der Waals surface area contributed by atoms with Crippen LogP contribution in [0, 0.1) is 23.1 Å². The topological polar surface area (TPSA) is 36.7 Å². The lowest BCUT2D eigenvalue weighted by molar-refractivity contribution is 0.582. The molecule has 2 rings (SSSR count). The number of pyridine rings is 1. The van der Waals surface area contributed by atoms with Crippen LogP contribution in [0.15, 0.2) is 36.5 Å². The number of rotatable bonds is 2. The van der Waals surface area contributed by atoms with E-state index >= 15 is 0 Å². The molecule has 0 spiro atoms. The molecule has 1 aromatic carbocycles. The summed E-state index contributed by atoms with van der Waals surface area (Å²) in [5.41, 5.74) is 1.21. The smallest absolute Gasteiger partial charge is 0.213 e. The molecule has 0 bridgehead atoms. The molecule has 4 heteroatoms. The molecule has 0 aliphatic rings. The highest BCUT2D eigenvalue weighted by Crippen LogP contribution is 2.26. The van der Waals surface area contributed by atoms with Crippen molar-refractivity contribution in [2.45, 2.75) is 6.42 Å². The van der Waals surface area contributed by atoms with Gasteiger partial charge in [0, 0.05) is 17.3 Å². The quantitative estimate of drug-likeness (QED) is 0.743. The van der Waals surface area contributed by atoms with Gasteiger partial charge in [0.05, 0.1) is 12.5 Å². The number of hydrogen-bond acceptors (Lipinski definition) is 2. The molecule has 2 aromatic rings. The first-order valence-electron chi connectivity index (χ1n) is 4.98. The van der Waals surface area contributed by atoms with E-state index < -0.39 is 11.8 Å². The van der Waals surface area contributed by atoms with Crippen molar-refractivity contribution in [3.05, 3.63) is 53.9 Å². The van der Waals surface area contributed by atoms with Gasteiger partial charge in [-0.1, -0.05) is 18.2 Å². The standard InChI is InChI=1S/C13H8F2N2/c14-12-4-2-1-3-10(12)11-8-17-13(15)7-9(11)5-6-16/h1-4,7-8H,5H2. The lowest BCUT2D eigenvalue weighted by Crippen LogP contribution is -1.95. The molecule has 0 N–H and O–H groups in total. The molecule has 0 aliphatic carbocycles. The largest absolute Gasteiger partial charge is 0.228 e. The number of nitrogens with zero attached hydrogens (tertiary/aromatic N) is 2. The Morgan fingerprint density at radius 3 is 2.65 bits per heavy atom. The van der Waals surface area contributed by atoms with Crippen LogP contribution in [-0.4, -0.2) is 4.98 Å². The summed E-state index contributed by atoms with van der Waals surface area (Å²) < 4.78 is 26.6. The fourth-order valence-corrected chi connectivity index (χ4v) is 1.62. The molecular weight excluding hydrogens is 222 g/mol. The number of benzene rings is 1. The van der Waals surface area contributed by atoms with Crippen molar-refractivity contribution in [2.24, 2.45) is 0 Å². The van der Waals surface area contributed by atoms with Crippen LogP contribution >= 0.6 is 0 Å². The molecule has 0 saturated carbocycles. The molecule has 17 heavy (non-hydrogen) atoms. The van der Waals surface area contributed by atoms with Gasteiger partial charge in [-0.3, -0.25) is 0 Å². The van der Waals surface area contributed by atoms with E-state index in [9.17, 15) is 8.78 Å². The van der Waals surface area contributed by atoms with Crippen LogP contribution < -0.4 is 0 Å². The predicted molar refractivity (Wildman–Crippen MR) is 58.9 cm³/mol. The third-order valence-corrected chi connectivity index (χ3v) is 2.39. The van der Waals surface area contributed by atoms with E-state index in [0.717, 1.165) is 6.07 Å². The van der Waals surface area contributed by atoms with E-state index in [0.29, 0.717) is 16.7 Å². The van der Waals surface area contributed by atoms with E-state index in [1.54, 1.807) is 18.2 Å². The monoisotopic (exact) mass is 230 g/mol. The number of nitriles is 1. The van der Waals surface area contributed by atoms with Crippen LogP contribution in [0.25, 0.3) is 11.1 Å². The van der Waals surface area contributed by atoms with E-state index in [1.807, 2.05) is 6.07 Å². The highest BCUT2D eigenvalue weighted by atomic mass is 19.1. The van der Waals surface area contributed by atoms with Gasteiger partial charge < -0.3 is 0 Å². The van der Waals surface area contributed by atoms with Crippen molar-refractivity contribution in [2.75, 3.05) is 0 Å². The summed E-state index contributed by atoms with van der Waals surface area (Å²) in [6, 6.07) is 9.22. The fourth-order valence-electron chi connectivity index (χ4n) is 1.62. The third kappa shape index (κ3) is 2.28. The average Bonchev–Trinajstić information content (AvgIpc) is 2.31. The molecule has 0 unspecified atom stereocenters. The molecule has 0 saturated heterocycles. The molecular formula is C13H8F2N2. The maximum absolute atomic E-state index is 13.6. The molecule has 0 amide bonds. The third-order valence-electron chi connectivity index (χ3n) is 2.39. The normalized spacial score (nSPS) is 9.94. The van der Waals surface area contributed by atoms with Gasteiger partial charge in [0.25, 0.3) is 0 Å². The average molecular weight is 230 g/mol. The molecule has 1 aromatic heterocycles. The van der Waals surface area contributed by atoms with Crippen LogP contribution in [0.4, 0.5) is 8.78 Å². The minimum atomic E-state index is -0.671. The van der Waals surface area contributed by atoms with E-state index in [1.165, 1.54) is 12.3 Å². The zero-order valence-corrected chi connectivity index (χ0v) is 8.82. The summed E-state index contributed by atoms with van der Waals surface area (Å²) in [5.74, 6) is -1.09. The first-order chi connectivity index (χ1) is 8.22. The molecule has 0 atom stereocenters. The first kappa shape index (κ1) is 11.2. The zero-order valence-electron chi connectivity index (χ0n) is 8.82. The van der Waals surface area contributed by atoms with Gasteiger partial charge in [-0.2, -0.15) is 9.65 Å². The second-order valence-electron chi connectivity index (χ2n) is 3.48. The van der Waals surface area contributed by atoms with Crippen molar-refractivity contribution in [1.82, 2.24) is 4.98 Å². The van der Waals surface area contributed by atoms with Gasteiger partial charge in [0.15, 0.2) is 0 Å². The number of aromatic nitrogens is 1. The number of halogens is 2. The number of hydrogen-bond donors (Lipinski definition) is 0. The van der Waals surface area contributed by atoms with E-state index in [4.69, 9.17) is 5.26 Å². The van der Waals surface area contributed by atoms with E-state index in [-0.39, 0.29) is 6.42 Å². The van der Waals surface area contributed by atoms with Gasteiger partial charge >= 0.3 is 0 Å². The maximum atomic E-state index is 13.6. The second-order valence-corrected chi connectivity index (χ2v) is 3.48. The summed E-state index contributed by atoms with van der Waals surface area (Å²) in [5, 5.41) is 8.66. The SMILES string of the molecule is N#CCc1cc(F)ncc1-c1ccccc1F. The fraction of sp³-hybridized carbons (Fsp3) is 0.0769. The molecule has 0 fully saturated rings. The summed E-state index contributed by atoms with van der Waals surface area (Å²) >= 11 is 0. The summed E-state index contributed by atoms with van der Waals surface area (Å²) in [4.78, 5) is 3.50. The summed E-state index contributed by atoms with van der Waals surface area (Å²) in [6.07, 6.45) is 1.27. The zero-order chi connectivity index (χ0) is 12.3. The second kappa shape index (κ2) is 4.71. The van der Waals surface area contributed by atoms with Crippen LogP contribution in [0.1, 0.15) is 5.56 Å². The Kier molecular flexibility index (Phi) is 3.10. The van der Waals surface area contributed by atoms with Crippen molar-refractivity contribution in [1.29, 1.82) is 5.26 Å². The lowest BCUT2D eigenvalue weighted by atomic mass is 10.00. The van der Waals surface area contributed by atoms with Crippen molar-refractivity contribution in [3.8, 4) is 17.2 Å². The van der Waals surface area contributed by atoms with Gasteiger partial charge in [0.2, 0.25) is 5.95 Å². The first-order valence-corrected chi connectivity index (χ1v) is 4.98. The Hall–Kier alpha value is -2.28. The van der Waals surface area contributed by atoms with Gasteiger partial charge in [-0.05, 0) is 17.7 Å². The van der Waals surface area contributed by atoms with Crippen LogP contribution in [0.5, 0.6) is 0 Å².